The minimum atomic E-state index is -1.26. The molecule has 4 N–H and O–H groups in total. The molecule has 3 aromatic rings. The number of carbonyl (C=O) groups is 2. The summed E-state index contributed by atoms with van der Waals surface area (Å²) in [7, 11) is 3.54. The number of hydrogen-bond acceptors (Lipinski definition) is 14. The summed E-state index contributed by atoms with van der Waals surface area (Å²) in [6.45, 7) is 11.2. The summed E-state index contributed by atoms with van der Waals surface area (Å²) >= 11 is 3.90. The molecule has 0 amide bonds. The molecular formula is C46H66IN5O9S. The summed E-state index contributed by atoms with van der Waals surface area (Å²) in [5.41, 5.74) is 3.70. The van der Waals surface area contributed by atoms with Crippen molar-refractivity contribution >= 4 is 45.7 Å². The molecule has 0 spiro atoms. The lowest BCUT2D eigenvalue weighted by Gasteiger charge is -2.46. The highest BCUT2D eigenvalue weighted by Crippen LogP contribution is 2.35. The van der Waals surface area contributed by atoms with Crippen molar-refractivity contribution in [2.45, 2.75) is 122 Å². The van der Waals surface area contributed by atoms with Crippen molar-refractivity contribution in [1.29, 1.82) is 0 Å². The smallest absolute Gasteiger partial charge is 0.308 e. The van der Waals surface area contributed by atoms with Crippen molar-refractivity contribution < 1.29 is 44.2 Å². The Bertz CT molecular complexity index is 1910. The number of ether oxygens (including phenoxy) is 3. The lowest BCUT2D eigenvalue weighted by atomic mass is 9.79. The number of aliphatic hydroxyl groups excluding tert-OH is 4. The number of rotatable bonds is 14. The number of hydrogen-bond donors (Lipinski definition) is 4. The topological polar surface area (TPSA) is 180 Å². The Morgan fingerprint density at radius 2 is 1.77 bits per heavy atom. The monoisotopic (exact) mass is 991 g/mol. The molecule has 1 saturated heterocycles. The Morgan fingerprint density at radius 3 is 2.44 bits per heavy atom. The number of carbonyl (C=O) groups excluding carboxylic acids is 2. The van der Waals surface area contributed by atoms with Crippen LogP contribution in [0.3, 0.4) is 0 Å². The molecule has 0 bridgehead atoms. The van der Waals surface area contributed by atoms with Crippen LogP contribution in [0.4, 0.5) is 0 Å². The highest BCUT2D eigenvalue weighted by molar-refractivity contribution is 14.1. The van der Waals surface area contributed by atoms with E-state index in [0.29, 0.717) is 45.4 Å². The number of nitrogens with zero attached hydrogens (tertiary/aromatic N) is 5. The Balaban J connectivity index is 1.51. The van der Waals surface area contributed by atoms with E-state index in [9.17, 15) is 30.0 Å². The number of benzene rings is 1. The summed E-state index contributed by atoms with van der Waals surface area (Å²) in [6.07, 6.45) is 1.15. The first-order chi connectivity index (χ1) is 29.6. The van der Waals surface area contributed by atoms with Crippen LogP contribution in [0.15, 0.2) is 71.1 Å². The Labute approximate surface area is 384 Å². The Morgan fingerprint density at radius 1 is 1.03 bits per heavy atom. The predicted octanol–water partition coefficient (Wildman–Crippen LogP) is 5.33. The number of esters is 1. The van der Waals surface area contributed by atoms with E-state index < -0.39 is 72.7 Å². The van der Waals surface area contributed by atoms with Crippen LogP contribution in [-0.2, 0) is 36.9 Å². The molecule has 342 valence electrons. The number of halogens is 1. The zero-order valence-corrected chi connectivity index (χ0v) is 40.0. The standard InChI is InChI=1S/C46H66IN5O9S/c1-8-40-35(26-53)21-28(2)9-14-38(54)29(3)22-33(45(30(4)39(55)23-41(56)60-40)61-46-44(58)42(50(6)7)43(57)31(5)59-46)15-17-51(24-32-10-12-36(47)13-11-32)18-19-52-25-37(48-49-52)34-16-20-62-27-34/h9-14,16,20-21,25,27,29-31,33,35,39-40,42-46,53,55,57-58H,8,15,17-19,22-24,26H2,1-7H3/b14-9+,28-21+/t29-,30+,31-,33+,35-,39-,40-,42?,43?,44?,45-,46+/m1/s1. The number of likely N-dealkylation sites (N-methyl/N-ethyl adjacent to an activating group) is 1. The van der Waals surface area contributed by atoms with Gasteiger partial charge in [0.15, 0.2) is 12.1 Å². The van der Waals surface area contributed by atoms with Crippen LogP contribution in [0, 0.1) is 27.2 Å². The maximum Gasteiger partial charge on any atom is 0.308 e. The van der Waals surface area contributed by atoms with Gasteiger partial charge in [-0.25, -0.2) is 0 Å². The van der Waals surface area contributed by atoms with Crippen LogP contribution in [0.2, 0.25) is 0 Å². The van der Waals surface area contributed by atoms with Crippen molar-refractivity contribution in [1.82, 2.24) is 24.8 Å². The molecule has 62 heavy (non-hydrogen) atoms. The third-order valence-corrected chi connectivity index (χ3v) is 13.7. The van der Waals surface area contributed by atoms with Crippen LogP contribution >= 0.6 is 33.9 Å². The third kappa shape index (κ3) is 13.8. The molecule has 2 aromatic heterocycles. The minimum absolute atomic E-state index is 0.0949. The fourth-order valence-corrected chi connectivity index (χ4v) is 9.53. The molecule has 0 saturated carbocycles. The molecule has 3 unspecified atom stereocenters. The van der Waals surface area contributed by atoms with Crippen LogP contribution in [0.25, 0.3) is 11.3 Å². The van der Waals surface area contributed by atoms with Gasteiger partial charge in [-0.05, 0) is 117 Å². The second-order valence-corrected chi connectivity index (χ2v) is 19.3. The molecule has 4 heterocycles. The number of aromatic nitrogens is 3. The molecular weight excluding hydrogens is 926 g/mol. The first kappa shape index (κ1) is 50.1. The third-order valence-electron chi connectivity index (χ3n) is 12.3. The molecule has 0 aliphatic carbocycles. The maximum atomic E-state index is 13.9. The molecule has 2 aliphatic rings. The van der Waals surface area contributed by atoms with Crippen LogP contribution in [0.5, 0.6) is 0 Å². The molecule has 5 rings (SSSR count). The normalized spacial score (nSPS) is 32.1. The van der Waals surface area contributed by atoms with E-state index in [0.717, 1.165) is 26.0 Å². The highest BCUT2D eigenvalue weighted by Gasteiger charge is 2.47. The van der Waals surface area contributed by atoms with Gasteiger partial charge in [0.05, 0.1) is 56.2 Å². The predicted molar refractivity (Wildman–Crippen MR) is 247 cm³/mol. The average molecular weight is 992 g/mol. The fraction of sp³-hybridized carbons (Fsp3) is 0.609. The lowest BCUT2D eigenvalue weighted by molar-refractivity contribution is -0.304. The van der Waals surface area contributed by atoms with Crippen LogP contribution in [-0.4, -0.2) is 140 Å². The first-order valence-electron chi connectivity index (χ1n) is 21.7. The maximum absolute atomic E-state index is 13.9. The molecule has 1 fully saturated rings. The van der Waals surface area contributed by atoms with Gasteiger partial charge in [-0.3, -0.25) is 19.2 Å². The molecule has 12 atom stereocenters. The molecule has 0 radical (unpaired) electrons. The number of cyclic esters (lactones) is 1. The van der Waals surface area contributed by atoms with Crippen molar-refractivity contribution in [3.8, 4) is 11.3 Å². The number of thiophene rings is 1. The van der Waals surface area contributed by atoms with Crippen molar-refractivity contribution in [3.63, 3.8) is 0 Å². The largest absolute Gasteiger partial charge is 0.462 e. The fourth-order valence-electron chi connectivity index (χ4n) is 8.52. The lowest BCUT2D eigenvalue weighted by Crippen LogP contribution is -2.63. The van der Waals surface area contributed by atoms with E-state index in [2.05, 4.69) is 62.1 Å². The highest BCUT2D eigenvalue weighted by atomic mass is 127. The van der Waals surface area contributed by atoms with Gasteiger partial charge in [-0.2, -0.15) is 11.3 Å². The van der Waals surface area contributed by atoms with E-state index in [1.807, 2.05) is 54.6 Å². The second-order valence-electron chi connectivity index (χ2n) is 17.3. The molecule has 1 aromatic carbocycles. The van der Waals surface area contributed by atoms with Crippen molar-refractivity contribution in [2.75, 3.05) is 33.8 Å². The summed E-state index contributed by atoms with van der Waals surface area (Å²) in [4.78, 5) is 31.5. The van der Waals surface area contributed by atoms with Gasteiger partial charge in [0, 0.05) is 45.4 Å². The van der Waals surface area contributed by atoms with Crippen LogP contribution in [0.1, 0.15) is 65.9 Å². The van der Waals surface area contributed by atoms with Gasteiger partial charge in [-0.1, -0.05) is 55.8 Å². The van der Waals surface area contributed by atoms with Gasteiger partial charge in [-0.15, -0.1) is 5.10 Å². The minimum Gasteiger partial charge on any atom is -0.462 e. The zero-order chi connectivity index (χ0) is 45.1. The Kier molecular flexibility index (Phi) is 19.3. The molecule has 16 heteroatoms. The van der Waals surface area contributed by atoms with Crippen molar-refractivity contribution in [3.05, 3.63) is 80.2 Å². The van der Waals surface area contributed by atoms with E-state index in [1.54, 1.807) is 56.3 Å². The summed E-state index contributed by atoms with van der Waals surface area (Å²) in [5, 5.41) is 57.8. The number of allylic oxidation sites excluding steroid dienone is 3. The average Bonchev–Trinajstić information content (AvgIpc) is 3.96. The first-order valence-corrected chi connectivity index (χ1v) is 23.7. The quantitative estimate of drug-likeness (QED) is 0.120. The Hall–Kier alpha value is -2.91. The van der Waals surface area contributed by atoms with E-state index >= 15 is 0 Å². The summed E-state index contributed by atoms with van der Waals surface area (Å²) in [6, 6.07) is 9.70. The zero-order valence-electron chi connectivity index (χ0n) is 37.0. The van der Waals surface area contributed by atoms with Gasteiger partial charge in [0.1, 0.15) is 17.9 Å². The summed E-state index contributed by atoms with van der Waals surface area (Å²) in [5.74, 6) is -2.79. The van der Waals surface area contributed by atoms with Gasteiger partial charge in [0.25, 0.3) is 0 Å². The van der Waals surface area contributed by atoms with E-state index in [1.165, 1.54) is 0 Å². The SMILES string of the molecule is CC[C@H]1OC(=O)C[C@@H](O)[C@H](C)[C@@H](O[C@@H]2O[C@H](C)C(O)C(N(C)C)C2O)[C@@H](CCN(CCn2cc(-c3ccsc3)nn2)Cc2ccc(I)cc2)C[C@@H](C)C(=O)/C=C/C(C)=C/[C@@H]1CO. The molecule has 14 nitrogen and oxygen atoms in total. The summed E-state index contributed by atoms with van der Waals surface area (Å²) < 4.78 is 21.9. The van der Waals surface area contributed by atoms with E-state index in [-0.39, 0.29) is 24.7 Å². The van der Waals surface area contributed by atoms with Crippen molar-refractivity contribution in [2.24, 2.45) is 23.7 Å². The second kappa shape index (κ2) is 23.9. The number of ketones is 1. The molecule has 2 aliphatic heterocycles. The van der Waals surface area contributed by atoms with E-state index in [4.69, 9.17) is 14.2 Å². The van der Waals surface area contributed by atoms with Gasteiger partial charge < -0.3 is 39.5 Å². The number of aliphatic hydroxyl groups is 4. The van der Waals surface area contributed by atoms with Gasteiger partial charge in [0.2, 0.25) is 0 Å². The van der Waals surface area contributed by atoms with Gasteiger partial charge >= 0.3 is 5.97 Å². The van der Waals surface area contributed by atoms with Crippen LogP contribution < -0.4 is 0 Å².